The van der Waals surface area contributed by atoms with Crippen LogP contribution in [-0.4, -0.2) is 43.5 Å². The summed E-state index contributed by atoms with van der Waals surface area (Å²) in [5.74, 6) is 2.05. The number of pyridine rings is 1. The maximum absolute atomic E-state index is 13.5. The lowest BCUT2D eigenvalue weighted by Crippen LogP contribution is -2.07. The molecule has 0 fully saturated rings. The zero-order valence-electron chi connectivity index (χ0n) is 13.7. The van der Waals surface area contributed by atoms with Crippen molar-refractivity contribution in [2.24, 2.45) is 0 Å². The molecular formula is C17H19FN4OS. The Bertz CT molecular complexity index is 860. The van der Waals surface area contributed by atoms with Gasteiger partial charge in [0, 0.05) is 34.9 Å². The number of aliphatic hydroxyl groups excluding tert-OH is 1. The van der Waals surface area contributed by atoms with Crippen molar-refractivity contribution in [3.05, 3.63) is 41.6 Å². The topological polar surface area (TPSA) is 63.8 Å². The highest BCUT2D eigenvalue weighted by Crippen LogP contribution is 2.28. The number of hydrogen-bond acceptors (Lipinski definition) is 5. The lowest BCUT2D eigenvalue weighted by molar-refractivity contribution is 0.270. The number of nitrogens with zero attached hydrogens (tertiary/aromatic N) is 4. The average Bonchev–Trinajstić information content (AvgIpc) is 2.95. The van der Waals surface area contributed by atoms with Crippen molar-refractivity contribution in [3.63, 3.8) is 0 Å². The molecule has 0 spiro atoms. The molecule has 0 unspecified atom stereocenters. The van der Waals surface area contributed by atoms with E-state index in [0.29, 0.717) is 17.9 Å². The minimum Gasteiger partial charge on any atom is -0.394 e. The van der Waals surface area contributed by atoms with Gasteiger partial charge in [-0.25, -0.2) is 14.1 Å². The smallest absolute Gasteiger partial charge is 0.159 e. The standard InChI is InChI=1S/C17H19FN4OS/c1-11-9-14(13-4-3-12(18)10-15(13)19-11)17-20-16(5-8-24-2)21-22(17)6-7-23/h3-4,9-10,23H,5-8H2,1-2H3. The Hall–Kier alpha value is -1.99. The Balaban J connectivity index is 2.16. The zero-order chi connectivity index (χ0) is 17.1. The Morgan fingerprint density at radius 3 is 2.83 bits per heavy atom. The third-order valence-corrected chi connectivity index (χ3v) is 4.31. The van der Waals surface area contributed by atoms with Gasteiger partial charge in [0.2, 0.25) is 0 Å². The summed E-state index contributed by atoms with van der Waals surface area (Å²) in [7, 11) is 0. The fourth-order valence-corrected chi connectivity index (χ4v) is 3.04. The van der Waals surface area contributed by atoms with Crippen LogP contribution >= 0.6 is 11.8 Å². The van der Waals surface area contributed by atoms with Crippen molar-refractivity contribution in [1.29, 1.82) is 0 Å². The number of aromatic nitrogens is 4. The van der Waals surface area contributed by atoms with E-state index < -0.39 is 0 Å². The van der Waals surface area contributed by atoms with Crippen LogP contribution in [0, 0.1) is 12.7 Å². The van der Waals surface area contributed by atoms with Crippen LogP contribution in [0.15, 0.2) is 24.3 Å². The second-order valence-corrected chi connectivity index (χ2v) is 6.50. The molecule has 1 aromatic carbocycles. The fraction of sp³-hybridized carbons (Fsp3) is 0.353. The van der Waals surface area contributed by atoms with Crippen LogP contribution in [0.4, 0.5) is 4.39 Å². The van der Waals surface area contributed by atoms with Gasteiger partial charge in [0.25, 0.3) is 0 Å². The first-order chi connectivity index (χ1) is 11.6. The summed E-state index contributed by atoms with van der Waals surface area (Å²) in [6, 6.07) is 6.49. The quantitative estimate of drug-likeness (QED) is 0.743. The molecule has 0 aliphatic heterocycles. The predicted molar refractivity (Wildman–Crippen MR) is 94.6 cm³/mol. The van der Waals surface area contributed by atoms with E-state index in [-0.39, 0.29) is 12.4 Å². The molecule has 24 heavy (non-hydrogen) atoms. The molecule has 126 valence electrons. The minimum atomic E-state index is -0.316. The first-order valence-electron chi connectivity index (χ1n) is 7.73. The zero-order valence-corrected chi connectivity index (χ0v) is 14.5. The van der Waals surface area contributed by atoms with E-state index in [2.05, 4.69) is 15.1 Å². The number of rotatable bonds is 6. The molecule has 0 atom stereocenters. The van der Waals surface area contributed by atoms with E-state index in [0.717, 1.165) is 34.6 Å². The van der Waals surface area contributed by atoms with Crippen molar-refractivity contribution >= 4 is 22.7 Å². The number of halogens is 1. The highest BCUT2D eigenvalue weighted by molar-refractivity contribution is 7.98. The van der Waals surface area contributed by atoms with Crippen LogP contribution in [0.2, 0.25) is 0 Å². The molecule has 0 saturated carbocycles. The van der Waals surface area contributed by atoms with E-state index in [1.165, 1.54) is 12.1 Å². The van der Waals surface area contributed by atoms with Crippen molar-refractivity contribution in [3.8, 4) is 11.4 Å². The third kappa shape index (κ3) is 3.42. The van der Waals surface area contributed by atoms with Crippen LogP contribution in [0.5, 0.6) is 0 Å². The molecule has 7 heteroatoms. The van der Waals surface area contributed by atoms with Crippen molar-refractivity contribution in [2.45, 2.75) is 19.9 Å². The molecule has 3 aromatic rings. The number of aliphatic hydroxyl groups is 1. The van der Waals surface area contributed by atoms with Gasteiger partial charge in [0.15, 0.2) is 11.6 Å². The first kappa shape index (κ1) is 16.9. The molecule has 3 rings (SSSR count). The van der Waals surface area contributed by atoms with Crippen LogP contribution in [0.1, 0.15) is 11.5 Å². The number of benzene rings is 1. The lowest BCUT2D eigenvalue weighted by Gasteiger charge is -2.09. The van der Waals surface area contributed by atoms with Gasteiger partial charge < -0.3 is 5.11 Å². The largest absolute Gasteiger partial charge is 0.394 e. The monoisotopic (exact) mass is 346 g/mol. The molecule has 5 nitrogen and oxygen atoms in total. The second kappa shape index (κ2) is 7.27. The molecular weight excluding hydrogens is 327 g/mol. The highest BCUT2D eigenvalue weighted by Gasteiger charge is 2.16. The van der Waals surface area contributed by atoms with Gasteiger partial charge in [-0.1, -0.05) is 0 Å². The molecule has 0 bridgehead atoms. The minimum absolute atomic E-state index is 0.0189. The van der Waals surface area contributed by atoms with Gasteiger partial charge in [-0.15, -0.1) is 0 Å². The van der Waals surface area contributed by atoms with Gasteiger partial charge in [-0.05, 0) is 31.4 Å². The fourth-order valence-electron chi connectivity index (χ4n) is 2.66. The second-order valence-electron chi connectivity index (χ2n) is 5.51. The lowest BCUT2D eigenvalue weighted by atomic mass is 10.1. The van der Waals surface area contributed by atoms with Crippen LogP contribution in [0.25, 0.3) is 22.3 Å². The normalized spacial score (nSPS) is 11.3. The summed E-state index contributed by atoms with van der Waals surface area (Å²) >= 11 is 1.74. The highest BCUT2D eigenvalue weighted by atomic mass is 32.2. The molecule has 2 aromatic heterocycles. The maximum Gasteiger partial charge on any atom is 0.159 e. The molecule has 2 heterocycles. The van der Waals surface area contributed by atoms with Crippen molar-refractivity contribution < 1.29 is 9.50 Å². The van der Waals surface area contributed by atoms with Gasteiger partial charge in [-0.2, -0.15) is 16.9 Å². The number of fused-ring (bicyclic) bond motifs is 1. The molecule has 0 saturated heterocycles. The molecule has 0 aliphatic carbocycles. The molecule has 0 amide bonds. The predicted octanol–water partition coefficient (Wildman–Crippen LogP) is 2.84. The van der Waals surface area contributed by atoms with Crippen LogP contribution in [0.3, 0.4) is 0 Å². The average molecular weight is 346 g/mol. The molecule has 1 N–H and O–H groups in total. The van der Waals surface area contributed by atoms with Gasteiger partial charge in [0.1, 0.15) is 5.82 Å². The number of aryl methyl sites for hydroxylation is 2. The maximum atomic E-state index is 13.5. The summed E-state index contributed by atoms with van der Waals surface area (Å²) < 4.78 is 15.3. The number of hydrogen-bond donors (Lipinski definition) is 1. The van der Waals surface area contributed by atoms with E-state index in [1.54, 1.807) is 22.5 Å². The Kier molecular flexibility index (Phi) is 5.11. The van der Waals surface area contributed by atoms with Gasteiger partial charge in [-0.3, -0.25) is 4.98 Å². The SMILES string of the molecule is CSCCc1nc(-c2cc(C)nc3cc(F)ccc23)n(CCO)n1. The van der Waals surface area contributed by atoms with E-state index in [4.69, 9.17) is 0 Å². The molecule has 0 aliphatic rings. The van der Waals surface area contributed by atoms with Crippen molar-refractivity contribution in [1.82, 2.24) is 19.7 Å². The summed E-state index contributed by atoms with van der Waals surface area (Å²) in [6.07, 6.45) is 2.81. The number of thioether (sulfide) groups is 1. The van der Waals surface area contributed by atoms with Gasteiger partial charge >= 0.3 is 0 Å². The van der Waals surface area contributed by atoms with E-state index in [9.17, 15) is 9.50 Å². The first-order valence-corrected chi connectivity index (χ1v) is 9.12. The summed E-state index contributed by atoms with van der Waals surface area (Å²) in [5.41, 5.74) is 2.23. The van der Waals surface area contributed by atoms with E-state index in [1.807, 2.05) is 19.2 Å². The van der Waals surface area contributed by atoms with Gasteiger partial charge in [0.05, 0.1) is 18.7 Å². The molecule has 0 radical (unpaired) electrons. The summed E-state index contributed by atoms with van der Waals surface area (Å²) in [5, 5.41) is 14.7. The Labute approximate surface area is 143 Å². The van der Waals surface area contributed by atoms with E-state index >= 15 is 0 Å². The summed E-state index contributed by atoms with van der Waals surface area (Å²) in [6.45, 7) is 2.22. The Morgan fingerprint density at radius 1 is 1.25 bits per heavy atom. The Morgan fingerprint density at radius 2 is 2.08 bits per heavy atom. The van der Waals surface area contributed by atoms with Crippen molar-refractivity contribution in [2.75, 3.05) is 18.6 Å². The summed E-state index contributed by atoms with van der Waals surface area (Å²) in [4.78, 5) is 9.06. The van der Waals surface area contributed by atoms with Crippen LogP contribution < -0.4 is 0 Å². The third-order valence-electron chi connectivity index (χ3n) is 3.70. The van der Waals surface area contributed by atoms with Crippen LogP contribution in [-0.2, 0) is 13.0 Å².